The standard InChI is InChI=1S/C18H22ClN3O2/c19-12-4-5-13-14(11-20-15(13)10-12)18(24)22-8-6-21(7-9-22)16-2-1-3-17(16)23/h4-5,10-11,16-17,20,23H,1-3,6-9H2/t16-,17-/m0/s1. The molecule has 128 valence electrons. The molecule has 2 aliphatic rings. The Bertz CT molecular complexity index is 752. The number of amides is 1. The molecule has 1 aromatic heterocycles. The maximum atomic E-state index is 12.9. The molecule has 1 aromatic carbocycles. The van der Waals surface area contributed by atoms with Crippen LogP contribution in [-0.4, -0.2) is 64.1 Å². The molecule has 5 nitrogen and oxygen atoms in total. The molecule has 2 heterocycles. The number of hydrogen-bond donors (Lipinski definition) is 2. The van der Waals surface area contributed by atoms with Crippen molar-refractivity contribution in [2.45, 2.75) is 31.4 Å². The Hall–Kier alpha value is -1.56. The molecule has 2 N–H and O–H groups in total. The van der Waals surface area contributed by atoms with Gasteiger partial charge in [-0.25, -0.2) is 0 Å². The van der Waals surface area contributed by atoms with Gasteiger partial charge in [-0.15, -0.1) is 0 Å². The van der Waals surface area contributed by atoms with Crippen molar-refractivity contribution < 1.29 is 9.90 Å². The van der Waals surface area contributed by atoms with Gasteiger partial charge in [0.1, 0.15) is 0 Å². The van der Waals surface area contributed by atoms with E-state index in [1.54, 1.807) is 6.20 Å². The maximum Gasteiger partial charge on any atom is 0.256 e. The number of H-pyrrole nitrogens is 1. The van der Waals surface area contributed by atoms with Gasteiger partial charge in [-0.05, 0) is 31.4 Å². The highest BCUT2D eigenvalue weighted by Gasteiger charge is 2.33. The molecule has 2 atom stereocenters. The Morgan fingerprint density at radius 2 is 2.00 bits per heavy atom. The summed E-state index contributed by atoms with van der Waals surface area (Å²) in [5.41, 5.74) is 1.59. The third-order valence-corrected chi connectivity index (χ3v) is 5.62. The minimum Gasteiger partial charge on any atom is -0.391 e. The molecular formula is C18H22ClN3O2. The summed E-state index contributed by atoms with van der Waals surface area (Å²) in [7, 11) is 0. The van der Waals surface area contributed by atoms with Crippen LogP contribution in [0.5, 0.6) is 0 Å². The van der Waals surface area contributed by atoms with Crippen LogP contribution in [-0.2, 0) is 0 Å². The lowest BCUT2D eigenvalue weighted by atomic mass is 10.1. The van der Waals surface area contributed by atoms with Gasteiger partial charge in [0.15, 0.2) is 0 Å². The number of hydrogen-bond acceptors (Lipinski definition) is 3. The number of aromatic amines is 1. The number of nitrogens with zero attached hydrogens (tertiary/aromatic N) is 2. The van der Waals surface area contributed by atoms with Crippen LogP contribution in [0.3, 0.4) is 0 Å². The predicted octanol–water partition coefficient (Wildman–Crippen LogP) is 2.49. The summed E-state index contributed by atoms with van der Waals surface area (Å²) >= 11 is 6.00. The number of rotatable bonds is 2. The Morgan fingerprint density at radius 1 is 1.21 bits per heavy atom. The first-order chi connectivity index (χ1) is 11.6. The highest BCUT2D eigenvalue weighted by Crippen LogP contribution is 2.26. The zero-order valence-corrected chi connectivity index (χ0v) is 14.3. The van der Waals surface area contributed by atoms with E-state index in [2.05, 4.69) is 9.88 Å². The summed E-state index contributed by atoms with van der Waals surface area (Å²) in [4.78, 5) is 20.2. The molecule has 2 aromatic rings. The quantitative estimate of drug-likeness (QED) is 0.877. The third kappa shape index (κ3) is 2.81. The number of piperazine rings is 1. The van der Waals surface area contributed by atoms with Gasteiger partial charge in [0.2, 0.25) is 0 Å². The minimum absolute atomic E-state index is 0.0650. The Balaban J connectivity index is 1.46. The fraction of sp³-hybridized carbons (Fsp3) is 0.500. The highest BCUT2D eigenvalue weighted by atomic mass is 35.5. The number of aromatic nitrogens is 1. The number of fused-ring (bicyclic) bond motifs is 1. The molecule has 6 heteroatoms. The van der Waals surface area contributed by atoms with Gasteiger partial charge in [0, 0.05) is 54.3 Å². The second-order valence-electron chi connectivity index (χ2n) is 6.79. The molecular weight excluding hydrogens is 326 g/mol. The van der Waals surface area contributed by atoms with Crippen molar-refractivity contribution in [3.8, 4) is 0 Å². The average Bonchev–Trinajstić information content (AvgIpc) is 3.20. The van der Waals surface area contributed by atoms with Crippen molar-refractivity contribution in [3.63, 3.8) is 0 Å². The van der Waals surface area contributed by atoms with Crippen molar-refractivity contribution >= 4 is 28.4 Å². The molecule has 0 bridgehead atoms. The zero-order chi connectivity index (χ0) is 16.7. The first-order valence-corrected chi connectivity index (χ1v) is 8.99. The number of aliphatic hydroxyl groups is 1. The van der Waals surface area contributed by atoms with Gasteiger partial charge in [-0.3, -0.25) is 9.69 Å². The third-order valence-electron chi connectivity index (χ3n) is 5.39. The van der Waals surface area contributed by atoms with Gasteiger partial charge in [0.25, 0.3) is 5.91 Å². The van der Waals surface area contributed by atoms with Crippen LogP contribution in [0.15, 0.2) is 24.4 Å². The van der Waals surface area contributed by atoms with Gasteiger partial charge in [-0.1, -0.05) is 17.7 Å². The Morgan fingerprint density at radius 3 is 2.71 bits per heavy atom. The molecule has 0 spiro atoms. The first kappa shape index (κ1) is 15.9. The van der Waals surface area contributed by atoms with Crippen LogP contribution in [0.25, 0.3) is 10.9 Å². The van der Waals surface area contributed by atoms with Crippen LogP contribution in [0.4, 0.5) is 0 Å². The molecule has 2 fully saturated rings. The summed E-state index contributed by atoms with van der Waals surface area (Å²) in [5.74, 6) is 0.0650. The predicted molar refractivity (Wildman–Crippen MR) is 94.4 cm³/mol. The lowest BCUT2D eigenvalue weighted by molar-refractivity contribution is 0.0316. The molecule has 0 unspecified atom stereocenters. The van der Waals surface area contributed by atoms with E-state index in [0.717, 1.165) is 43.3 Å². The fourth-order valence-corrected chi connectivity index (χ4v) is 4.22. The van der Waals surface area contributed by atoms with E-state index in [9.17, 15) is 9.90 Å². The Labute approximate surface area is 146 Å². The number of carbonyl (C=O) groups excluding carboxylic acids is 1. The van der Waals surface area contributed by atoms with Crippen molar-refractivity contribution in [3.05, 3.63) is 35.0 Å². The van der Waals surface area contributed by atoms with E-state index >= 15 is 0 Å². The number of aliphatic hydroxyl groups excluding tert-OH is 1. The molecule has 1 saturated heterocycles. The van der Waals surface area contributed by atoms with E-state index in [-0.39, 0.29) is 18.1 Å². The van der Waals surface area contributed by atoms with E-state index in [1.165, 1.54) is 0 Å². The number of carbonyl (C=O) groups is 1. The second kappa shape index (κ2) is 6.39. The fourth-order valence-electron chi connectivity index (χ4n) is 4.05. The normalized spacial score (nSPS) is 25.5. The maximum absolute atomic E-state index is 12.9. The lowest BCUT2D eigenvalue weighted by Gasteiger charge is -2.39. The highest BCUT2D eigenvalue weighted by molar-refractivity contribution is 6.31. The van der Waals surface area contributed by atoms with Crippen molar-refractivity contribution in [2.24, 2.45) is 0 Å². The number of nitrogens with one attached hydrogen (secondary N) is 1. The van der Waals surface area contributed by atoms with Crippen LogP contribution < -0.4 is 0 Å². The average molecular weight is 348 g/mol. The van der Waals surface area contributed by atoms with Crippen LogP contribution >= 0.6 is 11.6 Å². The van der Waals surface area contributed by atoms with E-state index in [0.29, 0.717) is 23.7 Å². The van der Waals surface area contributed by atoms with Crippen molar-refractivity contribution in [1.82, 2.24) is 14.8 Å². The number of halogens is 1. The smallest absolute Gasteiger partial charge is 0.256 e. The van der Waals surface area contributed by atoms with E-state index in [1.807, 2.05) is 23.1 Å². The summed E-state index contributed by atoms with van der Waals surface area (Å²) < 4.78 is 0. The summed E-state index contributed by atoms with van der Waals surface area (Å²) in [6.07, 6.45) is 4.64. The van der Waals surface area contributed by atoms with Gasteiger partial charge in [0.05, 0.1) is 11.7 Å². The minimum atomic E-state index is -0.203. The Kier molecular flexibility index (Phi) is 4.24. The largest absolute Gasteiger partial charge is 0.391 e. The van der Waals surface area contributed by atoms with E-state index < -0.39 is 0 Å². The van der Waals surface area contributed by atoms with Crippen LogP contribution in [0.1, 0.15) is 29.6 Å². The van der Waals surface area contributed by atoms with Gasteiger partial charge < -0.3 is 15.0 Å². The molecule has 1 aliphatic carbocycles. The SMILES string of the molecule is O=C(c1c[nH]c2cc(Cl)ccc12)N1CCN([C@H]2CCC[C@@H]2O)CC1. The lowest BCUT2D eigenvalue weighted by Crippen LogP contribution is -2.53. The molecule has 1 saturated carbocycles. The molecule has 0 radical (unpaired) electrons. The monoisotopic (exact) mass is 347 g/mol. The molecule has 1 aliphatic heterocycles. The topological polar surface area (TPSA) is 59.6 Å². The molecule has 1 amide bonds. The van der Waals surface area contributed by atoms with Crippen LogP contribution in [0, 0.1) is 0 Å². The number of benzene rings is 1. The zero-order valence-electron chi connectivity index (χ0n) is 13.5. The van der Waals surface area contributed by atoms with Gasteiger partial charge >= 0.3 is 0 Å². The molecule has 4 rings (SSSR count). The van der Waals surface area contributed by atoms with Crippen molar-refractivity contribution in [1.29, 1.82) is 0 Å². The van der Waals surface area contributed by atoms with Gasteiger partial charge in [-0.2, -0.15) is 0 Å². The molecule has 24 heavy (non-hydrogen) atoms. The van der Waals surface area contributed by atoms with Crippen molar-refractivity contribution in [2.75, 3.05) is 26.2 Å². The van der Waals surface area contributed by atoms with E-state index in [4.69, 9.17) is 11.6 Å². The van der Waals surface area contributed by atoms with Crippen LogP contribution in [0.2, 0.25) is 5.02 Å². The summed E-state index contributed by atoms with van der Waals surface area (Å²) in [6.45, 7) is 3.09. The summed E-state index contributed by atoms with van der Waals surface area (Å²) in [5, 5.41) is 11.6. The first-order valence-electron chi connectivity index (χ1n) is 8.61. The second-order valence-corrected chi connectivity index (χ2v) is 7.22. The summed E-state index contributed by atoms with van der Waals surface area (Å²) in [6, 6.07) is 5.82.